The number of nitrogens with zero attached hydrogens (tertiary/aromatic N) is 5. The first-order chi connectivity index (χ1) is 23.8. The van der Waals surface area contributed by atoms with Gasteiger partial charge in [0, 0.05) is 52.9 Å². The highest BCUT2D eigenvalue weighted by Crippen LogP contribution is 2.36. The van der Waals surface area contributed by atoms with Crippen molar-refractivity contribution in [3.8, 4) is 11.4 Å². The summed E-state index contributed by atoms with van der Waals surface area (Å²) in [5, 5.41) is 8.94. The zero-order valence-corrected chi connectivity index (χ0v) is 27.8. The van der Waals surface area contributed by atoms with Crippen molar-refractivity contribution in [1.82, 2.24) is 25.3 Å². The Morgan fingerprint density at radius 1 is 1.08 bits per heavy atom. The number of imidazole rings is 1. The highest BCUT2D eigenvalue weighted by molar-refractivity contribution is 6.04. The van der Waals surface area contributed by atoms with Gasteiger partial charge in [-0.15, -0.1) is 0 Å². The summed E-state index contributed by atoms with van der Waals surface area (Å²) in [5.74, 6) is 0.463. The van der Waals surface area contributed by atoms with E-state index in [0.717, 1.165) is 18.4 Å². The molecule has 0 bridgehead atoms. The normalized spacial score (nSPS) is 18.0. The summed E-state index contributed by atoms with van der Waals surface area (Å²) in [6.45, 7) is 3.59. The molecule has 2 aliphatic rings. The molecule has 258 valence electrons. The Hall–Kier alpha value is -5.08. The van der Waals surface area contributed by atoms with E-state index in [9.17, 15) is 9.59 Å². The molecule has 2 saturated heterocycles. The van der Waals surface area contributed by atoms with E-state index in [0.29, 0.717) is 86.1 Å². The van der Waals surface area contributed by atoms with Crippen molar-refractivity contribution in [2.45, 2.75) is 25.8 Å². The van der Waals surface area contributed by atoms with Gasteiger partial charge < -0.3 is 41.2 Å². The molecule has 49 heavy (non-hydrogen) atoms. The van der Waals surface area contributed by atoms with E-state index in [-0.39, 0.29) is 18.3 Å². The van der Waals surface area contributed by atoms with Crippen molar-refractivity contribution in [2.24, 2.45) is 17.1 Å². The molecule has 0 aliphatic carbocycles. The zero-order valence-electron chi connectivity index (χ0n) is 27.8. The number of rotatable bonds is 12. The second-order valence-corrected chi connectivity index (χ2v) is 12.6. The largest absolute Gasteiger partial charge is 0.383 e. The summed E-state index contributed by atoms with van der Waals surface area (Å²) < 4.78 is 20.6. The molecule has 4 heterocycles. The first kappa shape index (κ1) is 33.8. The molecule has 6 rings (SSSR count). The van der Waals surface area contributed by atoms with Gasteiger partial charge in [-0.3, -0.25) is 9.59 Å². The zero-order chi connectivity index (χ0) is 34.4. The van der Waals surface area contributed by atoms with Gasteiger partial charge in [0.15, 0.2) is 5.82 Å². The second-order valence-electron chi connectivity index (χ2n) is 12.6. The molecule has 13 nitrogen and oxygen atoms in total. The lowest BCUT2D eigenvalue weighted by molar-refractivity contribution is -0.133. The minimum absolute atomic E-state index is 0.0496. The number of aromatic amines is 1. The third kappa shape index (κ3) is 7.50. The van der Waals surface area contributed by atoms with Gasteiger partial charge in [0.05, 0.1) is 41.0 Å². The number of hydrogen-bond donors (Lipinski definition) is 5. The Kier molecular flexibility index (Phi) is 10.3. The lowest BCUT2D eigenvalue weighted by Crippen LogP contribution is -2.45. The fourth-order valence-corrected chi connectivity index (χ4v) is 6.60. The molecule has 4 aromatic rings. The predicted octanol–water partition coefficient (Wildman–Crippen LogP) is 3.63. The SMILES string of the molecule is CNc1nc(-c2cnc(C(=O)Nc3cccc(F)c3N3CCC(CN)CC3)[nH]2)cc(N2CC[C@@](COC)(C(=O)NCc3ccccc3)C2)n1. The average Bonchev–Trinajstić information content (AvgIpc) is 3.81. The number of H-pyrrole nitrogens is 1. The van der Waals surface area contributed by atoms with Crippen molar-refractivity contribution >= 4 is 35.0 Å². The van der Waals surface area contributed by atoms with Crippen LogP contribution < -0.4 is 31.5 Å². The lowest BCUT2D eigenvalue weighted by Gasteiger charge is -2.34. The number of piperidine rings is 1. The Labute approximate surface area is 284 Å². The molecule has 1 atom stereocenters. The molecular weight excluding hydrogens is 627 g/mol. The van der Waals surface area contributed by atoms with Crippen molar-refractivity contribution in [1.29, 1.82) is 0 Å². The molecular formula is C35H43FN10O3. The number of anilines is 4. The Bertz CT molecular complexity index is 1760. The van der Waals surface area contributed by atoms with Crippen molar-refractivity contribution in [2.75, 3.05) is 73.9 Å². The van der Waals surface area contributed by atoms with Gasteiger partial charge >= 0.3 is 0 Å². The molecule has 6 N–H and O–H groups in total. The Morgan fingerprint density at radius 3 is 2.61 bits per heavy atom. The van der Waals surface area contributed by atoms with Crippen LogP contribution in [0.25, 0.3) is 11.4 Å². The fourth-order valence-electron chi connectivity index (χ4n) is 6.60. The standard InChI is InChI=1S/C35H43FN10O3/c1-38-34-43-27(17-29(44-34)46-16-13-35(21-46,22-49-2)33(48)40-19-24-7-4-3-5-8-24)28-20-39-31(41-28)32(47)42-26-10-6-9-25(36)30(26)45-14-11-23(18-37)12-15-45/h3-10,17,20,23H,11-16,18-19,21-22,37H2,1-2H3,(H,39,41)(H,40,48)(H,42,47)(H,38,43,44)/t35-/m1/s1. The van der Waals surface area contributed by atoms with Crippen LogP contribution in [0, 0.1) is 17.2 Å². The quantitative estimate of drug-likeness (QED) is 0.150. The molecule has 2 fully saturated rings. The van der Waals surface area contributed by atoms with Crippen LogP contribution in [0.4, 0.5) is 27.5 Å². The van der Waals surface area contributed by atoms with E-state index in [4.69, 9.17) is 10.5 Å². The minimum Gasteiger partial charge on any atom is -0.383 e. The molecule has 14 heteroatoms. The topological polar surface area (TPSA) is 166 Å². The van der Waals surface area contributed by atoms with Gasteiger partial charge in [-0.05, 0) is 49.4 Å². The van der Waals surface area contributed by atoms with E-state index in [2.05, 4.69) is 35.9 Å². The maximum atomic E-state index is 15.1. The van der Waals surface area contributed by atoms with Crippen LogP contribution in [0.2, 0.25) is 0 Å². The van der Waals surface area contributed by atoms with Crippen LogP contribution in [0.1, 0.15) is 35.4 Å². The van der Waals surface area contributed by atoms with Crippen LogP contribution >= 0.6 is 0 Å². The number of carbonyl (C=O) groups is 2. The summed E-state index contributed by atoms with van der Waals surface area (Å²) in [6, 6.07) is 16.2. The highest BCUT2D eigenvalue weighted by Gasteiger charge is 2.45. The summed E-state index contributed by atoms with van der Waals surface area (Å²) >= 11 is 0. The number of aromatic nitrogens is 4. The smallest absolute Gasteiger partial charge is 0.291 e. The van der Waals surface area contributed by atoms with Crippen molar-refractivity contribution in [3.05, 3.63) is 78.0 Å². The van der Waals surface area contributed by atoms with Crippen LogP contribution in [-0.4, -0.2) is 85.2 Å². The van der Waals surface area contributed by atoms with Gasteiger partial charge in [0.25, 0.3) is 5.91 Å². The molecule has 0 saturated carbocycles. The number of halogens is 1. The first-order valence-corrected chi connectivity index (χ1v) is 16.6. The van der Waals surface area contributed by atoms with Gasteiger partial charge in [-0.1, -0.05) is 36.4 Å². The second kappa shape index (κ2) is 15.0. The van der Waals surface area contributed by atoms with Crippen LogP contribution in [0.5, 0.6) is 0 Å². The van der Waals surface area contributed by atoms with E-state index in [1.165, 1.54) is 12.3 Å². The summed E-state index contributed by atoms with van der Waals surface area (Å²) in [5.41, 5.74) is 7.84. The molecule has 0 spiro atoms. The maximum absolute atomic E-state index is 15.1. The van der Waals surface area contributed by atoms with Crippen molar-refractivity contribution < 1.29 is 18.7 Å². The Balaban J connectivity index is 1.18. The van der Waals surface area contributed by atoms with Crippen LogP contribution in [-0.2, 0) is 16.1 Å². The Morgan fingerprint density at radius 2 is 1.88 bits per heavy atom. The number of amides is 2. The summed E-state index contributed by atoms with van der Waals surface area (Å²) in [7, 11) is 3.32. The van der Waals surface area contributed by atoms with E-state index < -0.39 is 17.1 Å². The number of nitrogens with two attached hydrogens (primary N) is 1. The van der Waals surface area contributed by atoms with E-state index in [1.54, 1.807) is 32.4 Å². The van der Waals surface area contributed by atoms with Gasteiger partial charge in [0.2, 0.25) is 11.9 Å². The average molecular weight is 671 g/mol. The number of ether oxygens (including phenoxy) is 1. The predicted molar refractivity (Wildman–Crippen MR) is 187 cm³/mol. The number of hydrogen-bond acceptors (Lipinski definition) is 10. The highest BCUT2D eigenvalue weighted by atomic mass is 19.1. The van der Waals surface area contributed by atoms with Crippen LogP contribution in [0.3, 0.4) is 0 Å². The monoisotopic (exact) mass is 670 g/mol. The number of nitrogens with one attached hydrogen (secondary N) is 4. The lowest BCUT2D eigenvalue weighted by atomic mass is 9.87. The van der Waals surface area contributed by atoms with E-state index >= 15 is 4.39 Å². The summed E-state index contributed by atoms with van der Waals surface area (Å²) in [6.07, 6.45) is 3.83. The van der Waals surface area contributed by atoms with Gasteiger partial charge in [-0.2, -0.15) is 4.98 Å². The van der Waals surface area contributed by atoms with Gasteiger partial charge in [-0.25, -0.2) is 14.4 Å². The molecule has 2 aliphatic heterocycles. The molecule has 0 unspecified atom stereocenters. The number of carbonyl (C=O) groups excluding carboxylic acids is 2. The fraction of sp³-hybridized carbons (Fsp3) is 0.400. The molecule has 2 aromatic heterocycles. The first-order valence-electron chi connectivity index (χ1n) is 16.6. The number of methoxy groups -OCH3 is 1. The minimum atomic E-state index is -0.760. The molecule has 2 amide bonds. The summed E-state index contributed by atoms with van der Waals surface area (Å²) in [4.78, 5) is 47.6. The molecule has 0 radical (unpaired) electrons. The third-order valence-corrected chi connectivity index (χ3v) is 9.38. The van der Waals surface area contributed by atoms with Crippen molar-refractivity contribution in [3.63, 3.8) is 0 Å². The molecule has 2 aromatic carbocycles. The van der Waals surface area contributed by atoms with Gasteiger partial charge in [0.1, 0.15) is 11.6 Å². The van der Waals surface area contributed by atoms with Crippen LogP contribution in [0.15, 0.2) is 60.8 Å². The number of benzene rings is 2. The third-order valence-electron chi connectivity index (χ3n) is 9.38. The van der Waals surface area contributed by atoms with E-state index in [1.807, 2.05) is 40.1 Å². The maximum Gasteiger partial charge on any atom is 0.291 e. The number of para-hydroxylation sites is 1.